The van der Waals surface area contributed by atoms with Gasteiger partial charge in [0.25, 0.3) is 0 Å². The molecule has 0 radical (unpaired) electrons. The van der Waals surface area contributed by atoms with Gasteiger partial charge in [0.15, 0.2) is 0 Å². The summed E-state index contributed by atoms with van der Waals surface area (Å²) in [5.74, 6) is -0.191. The fraction of sp³-hybridized carbons (Fsp3) is 0.533. The molecule has 1 aromatic rings. The molecule has 4 nitrogen and oxygen atoms in total. The van der Waals surface area contributed by atoms with Gasteiger partial charge in [-0.25, -0.2) is 0 Å². The minimum Gasteiger partial charge on any atom is -0.469 e. The van der Waals surface area contributed by atoms with Crippen LogP contribution >= 0.6 is 0 Å². The maximum absolute atomic E-state index is 11.4. The highest BCUT2D eigenvalue weighted by Gasteiger charge is 2.09. The minimum absolute atomic E-state index is 0.191. The molecule has 1 rings (SSSR count). The summed E-state index contributed by atoms with van der Waals surface area (Å²) >= 11 is 0. The molecule has 0 aliphatic rings. The van der Waals surface area contributed by atoms with Gasteiger partial charge in [-0.2, -0.15) is 0 Å². The molecular formula is C15H24N2O2. The highest BCUT2D eigenvalue weighted by atomic mass is 16.5. The van der Waals surface area contributed by atoms with Gasteiger partial charge in [-0.3, -0.25) is 4.79 Å². The molecule has 0 aromatic heterocycles. The minimum atomic E-state index is -0.191. The number of benzene rings is 1. The Morgan fingerprint density at radius 3 is 2.32 bits per heavy atom. The Morgan fingerprint density at radius 1 is 1.11 bits per heavy atom. The standard InChI is InChI=1S/C15H24N2O2/c1-16(2)9-10-17(3)12-14-8-6-5-7-13(14)11-15(18)19-4/h5-8H,9-12H2,1-4H3. The zero-order valence-corrected chi connectivity index (χ0v) is 12.3. The molecule has 0 atom stereocenters. The van der Waals surface area contributed by atoms with Gasteiger partial charge >= 0.3 is 5.97 Å². The Kier molecular flexibility index (Phi) is 6.53. The number of likely N-dealkylation sites (N-methyl/N-ethyl adjacent to an activating group) is 2. The molecule has 1 aromatic carbocycles. The van der Waals surface area contributed by atoms with E-state index in [0.717, 1.165) is 25.2 Å². The van der Waals surface area contributed by atoms with Crippen LogP contribution in [-0.2, 0) is 22.5 Å². The van der Waals surface area contributed by atoms with Crippen molar-refractivity contribution >= 4 is 5.97 Å². The number of hydrogen-bond donors (Lipinski definition) is 0. The van der Waals surface area contributed by atoms with Crippen LogP contribution in [0.4, 0.5) is 0 Å². The van der Waals surface area contributed by atoms with Crippen molar-refractivity contribution in [2.45, 2.75) is 13.0 Å². The summed E-state index contributed by atoms with van der Waals surface area (Å²) in [6.45, 7) is 2.87. The van der Waals surface area contributed by atoms with E-state index in [1.807, 2.05) is 18.2 Å². The van der Waals surface area contributed by atoms with Crippen LogP contribution in [0.1, 0.15) is 11.1 Å². The fourth-order valence-electron chi connectivity index (χ4n) is 1.85. The van der Waals surface area contributed by atoms with Crippen LogP contribution < -0.4 is 0 Å². The summed E-state index contributed by atoms with van der Waals surface area (Å²) in [5.41, 5.74) is 2.24. The molecular weight excluding hydrogens is 240 g/mol. The number of carbonyl (C=O) groups excluding carboxylic acids is 1. The number of nitrogens with zero attached hydrogens (tertiary/aromatic N) is 2. The van der Waals surface area contributed by atoms with Crippen molar-refractivity contribution in [1.82, 2.24) is 9.80 Å². The largest absolute Gasteiger partial charge is 0.469 e. The second kappa shape index (κ2) is 7.92. The van der Waals surface area contributed by atoms with Crippen LogP contribution in [0.15, 0.2) is 24.3 Å². The molecule has 0 amide bonds. The van der Waals surface area contributed by atoms with E-state index < -0.39 is 0 Å². The van der Waals surface area contributed by atoms with Crippen LogP contribution in [-0.4, -0.2) is 57.1 Å². The smallest absolute Gasteiger partial charge is 0.309 e. The Morgan fingerprint density at radius 2 is 1.74 bits per heavy atom. The average molecular weight is 264 g/mol. The number of carbonyl (C=O) groups is 1. The van der Waals surface area contributed by atoms with Gasteiger partial charge < -0.3 is 14.5 Å². The molecule has 0 unspecified atom stereocenters. The van der Waals surface area contributed by atoms with Crippen molar-refractivity contribution in [3.63, 3.8) is 0 Å². The molecule has 0 aliphatic heterocycles. The third-order valence-corrected chi connectivity index (χ3v) is 3.05. The van der Waals surface area contributed by atoms with Gasteiger partial charge in [-0.15, -0.1) is 0 Å². The molecule has 106 valence electrons. The number of methoxy groups -OCH3 is 1. The van der Waals surface area contributed by atoms with Crippen molar-refractivity contribution in [2.75, 3.05) is 41.3 Å². The lowest BCUT2D eigenvalue weighted by Crippen LogP contribution is -2.28. The molecule has 0 spiro atoms. The van der Waals surface area contributed by atoms with Crippen LogP contribution in [0.25, 0.3) is 0 Å². The molecule has 0 bridgehead atoms. The Labute approximate surface area is 116 Å². The van der Waals surface area contributed by atoms with Crippen LogP contribution in [0.5, 0.6) is 0 Å². The number of ether oxygens (including phenoxy) is 1. The van der Waals surface area contributed by atoms with Crippen molar-refractivity contribution < 1.29 is 9.53 Å². The maximum atomic E-state index is 11.4. The van der Waals surface area contributed by atoms with E-state index in [0.29, 0.717) is 6.42 Å². The lowest BCUT2D eigenvalue weighted by molar-refractivity contribution is -0.139. The predicted molar refractivity (Wildman–Crippen MR) is 77.1 cm³/mol. The monoisotopic (exact) mass is 264 g/mol. The third-order valence-electron chi connectivity index (χ3n) is 3.05. The fourth-order valence-corrected chi connectivity index (χ4v) is 1.85. The van der Waals surface area contributed by atoms with E-state index in [-0.39, 0.29) is 5.97 Å². The van der Waals surface area contributed by atoms with Crippen molar-refractivity contribution in [2.24, 2.45) is 0 Å². The number of rotatable bonds is 7. The summed E-state index contributed by atoms with van der Waals surface area (Å²) in [6, 6.07) is 8.04. The SMILES string of the molecule is COC(=O)Cc1ccccc1CN(C)CCN(C)C. The molecule has 0 heterocycles. The van der Waals surface area contributed by atoms with Crippen molar-refractivity contribution in [3.05, 3.63) is 35.4 Å². The average Bonchev–Trinajstić information content (AvgIpc) is 2.38. The van der Waals surface area contributed by atoms with E-state index in [1.165, 1.54) is 12.7 Å². The lowest BCUT2D eigenvalue weighted by Gasteiger charge is -2.20. The lowest BCUT2D eigenvalue weighted by atomic mass is 10.0. The highest BCUT2D eigenvalue weighted by molar-refractivity contribution is 5.72. The van der Waals surface area contributed by atoms with E-state index in [4.69, 9.17) is 4.74 Å². The first kappa shape index (κ1) is 15.7. The van der Waals surface area contributed by atoms with Crippen molar-refractivity contribution in [1.29, 1.82) is 0 Å². The van der Waals surface area contributed by atoms with Crippen LogP contribution in [0.3, 0.4) is 0 Å². The zero-order valence-electron chi connectivity index (χ0n) is 12.3. The summed E-state index contributed by atoms with van der Waals surface area (Å²) in [5, 5.41) is 0. The Hall–Kier alpha value is -1.39. The topological polar surface area (TPSA) is 32.8 Å². The second-order valence-corrected chi connectivity index (χ2v) is 5.06. The summed E-state index contributed by atoms with van der Waals surface area (Å²) < 4.78 is 4.73. The van der Waals surface area contributed by atoms with Gasteiger partial charge in [0.05, 0.1) is 13.5 Å². The summed E-state index contributed by atoms with van der Waals surface area (Å²) in [6.07, 6.45) is 0.341. The first-order valence-electron chi connectivity index (χ1n) is 6.49. The van der Waals surface area contributed by atoms with Crippen molar-refractivity contribution in [3.8, 4) is 0 Å². The van der Waals surface area contributed by atoms with Crippen LogP contribution in [0, 0.1) is 0 Å². The van der Waals surface area contributed by atoms with E-state index >= 15 is 0 Å². The normalized spacial score (nSPS) is 11.1. The van der Waals surface area contributed by atoms with Gasteiger partial charge in [0, 0.05) is 19.6 Å². The highest BCUT2D eigenvalue weighted by Crippen LogP contribution is 2.12. The molecule has 0 N–H and O–H groups in total. The first-order valence-corrected chi connectivity index (χ1v) is 6.49. The Bertz CT molecular complexity index is 405. The summed E-state index contributed by atoms with van der Waals surface area (Å²) in [7, 11) is 7.66. The number of esters is 1. The van der Waals surface area contributed by atoms with E-state index in [1.54, 1.807) is 0 Å². The van der Waals surface area contributed by atoms with Gasteiger partial charge in [0.2, 0.25) is 0 Å². The predicted octanol–water partition coefficient (Wildman–Crippen LogP) is 1.40. The maximum Gasteiger partial charge on any atom is 0.309 e. The molecule has 4 heteroatoms. The second-order valence-electron chi connectivity index (χ2n) is 5.06. The van der Waals surface area contributed by atoms with E-state index in [2.05, 4.69) is 37.0 Å². The van der Waals surface area contributed by atoms with Gasteiger partial charge in [0.1, 0.15) is 0 Å². The van der Waals surface area contributed by atoms with Gasteiger partial charge in [-0.05, 0) is 32.3 Å². The molecule has 0 saturated heterocycles. The Balaban J connectivity index is 2.64. The number of hydrogen-bond acceptors (Lipinski definition) is 4. The molecule has 0 aliphatic carbocycles. The molecule has 19 heavy (non-hydrogen) atoms. The molecule has 0 saturated carbocycles. The van der Waals surface area contributed by atoms with Crippen LogP contribution in [0.2, 0.25) is 0 Å². The summed E-state index contributed by atoms with van der Waals surface area (Å²) in [4.78, 5) is 15.8. The molecule has 0 fully saturated rings. The first-order chi connectivity index (χ1) is 9.02. The third kappa shape index (κ3) is 5.85. The quantitative estimate of drug-likeness (QED) is 0.697. The van der Waals surface area contributed by atoms with Gasteiger partial charge in [-0.1, -0.05) is 24.3 Å². The van der Waals surface area contributed by atoms with E-state index in [9.17, 15) is 4.79 Å². The zero-order chi connectivity index (χ0) is 14.3.